The van der Waals surface area contributed by atoms with E-state index >= 15 is 0 Å². The minimum absolute atomic E-state index is 0.208. The minimum atomic E-state index is -0.925. The molecule has 0 unspecified atom stereocenters. The second kappa shape index (κ2) is 5.10. The zero-order chi connectivity index (χ0) is 12.2. The third kappa shape index (κ3) is 2.17. The molecule has 0 saturated carbocycles. The summed E-state index contributed by atoms with van der Waals surface area (Å²) in [6, 6.07) is 21.3. The Morgan fingerprint density at radius 2 is 1.11 bits per heavy atom. The van der Waals surface area contributed by atoms with Crippen molar-refractivity contribution in [3.05, 3.63) is 60.7 Å². The van der Waals surface area contributed by atoms with E-state index in [4.69, 9.17) is 0 Å². The Hall–Kier alpha value is -2.01. The third-order valence-electron chi connectivity index (χ3n) is 2.95. The van der Waals surface area contributed by atoms with Crippen LogP contribution in [0.1, 0.15) is 0 Å². The largest absolute Gasteiger partial charge is 0.197 e. The molecule has 0 spiro atoms. The molecule has 3 rings (SSSR count). The molecule has 0 heterocycles. The van der Waals surface area contributed by atoms with Crippen molar-refractivity contribution < 1.29 is 0 Å². The minimum Gasteiger partial charge on any atom is -0.0620 e. The van der Waals surface area contributed by atoms with Crippen LogP contribution in [0.3, 0.4) is 0 Å². The van der Waals surface area contributed by atoms with Crippen LogP contribution >= 0.6 is 7.92 Å². The molecule has 2 aromatic carbocycles. The Balaban J connectivity index is 2.06. The zero-order valence-corrected chi connectivity index (χ0v) is 10.9. The van der Waals surface area contributed by atoms with E-state index in [9.17, 15) is 0 Å². The molecule has 2 aromatic rings. The number of benzene rings is 2. The number of rotatable bonds is 3. The summed E-state index contributed by atoms with van der Waals surface area (Å²) in [5, 5.41) is 2.76. The van der Waals surface area contributed by atoms with Gasteiger partial charge in [-0.1, -0.05) is 36.4 Å². The van der Waals surface area contributed by atoms with E-state index in [1.54, 1.807) is 0 Å². The molecule has 0 aliphatic heterocycles. The average Bonchev–Trinajstić information content (AvgIpc) is 2.95. The van der Waals surface area contributed by atoms with Gasteiger partial charge in [0.25, 0.3) is 0 Å². The fourth-order valence-electron chi connectivity index (χ4n) is 2.13. The van der Waals surface area contributed by atoms with Gasteiger partial charge in [-0.05, 0) is 47.9 Å². The van der Waals surface area contributed by atoms with Crippen LogP contribution < -0.4 is 10.6 Å². The number of hydrogen-bond acceptors (Lipinski definition) is 0. The molecule has 0 aromatic heterocycles. The van der Waals surface area contributed by atoms with Crippen molar-refractivity contribution in [2.75, 3.05) is 0 Å². The van der Waals surface area contributed by atoms with Gasteiger partial charge in [0, 0.05) is 0 Å². The van der Waals surface area contributed by atoms with Crippen LogP contribution in [-0.2, 0) is 0 Å². The first-order valence-electron chi connectivity index (χ1n) is 5.94. The monoisotopic (exact) mass is 247 g/mol. The van der Waals surface area contributed by atoms with E-state index in [-0.39, 0.29) is 5.66 Å². The van der Waals surface area contributed by atoms with Gasteiger partial charge < -0.3 is 0 Å². The molecule has 84 valence electrons. The maximum Gasteiger partial charge on any atom is 0.197 e. The molecule has 1 aliphatic carbocycles. The first kappa shape index (κ1) is 11.1. The third-order valence-corrected chi connectivity index (χ3v) is 5.73. The molecule has 18 heavy (non-hydrogen) atoms. The Morgan fingerprint density at radius 1 is 0.667 bits per heavy atom. The van der Waals surface area contributed by atoms with Gasteiger partial charge in [-0.15, -0.1) is 0 Å². The summed E-state index contributed by atoms with van der Waals surface area (Å²) in [5.74, 6) is 12.3. The molecule has 0 saturated heterocycles. The van der Waals surface area contributed by atoms with Crippen LogP contribution in [0.15, 0.2) is 60.7 Å². The van der Waals surface area contributed by atoms with Crippen LogP contribution in [0, 0.1) is 23.7 Å². The molecule has 0 N–H and O–H groups in total. The van der Waals surface area contributed by atoms with Crippen molar-refractivity contribution in [2.24, 2.45) is 0 Å². The van der Waals surface area contributed by atoms with Crippen LogP contribution in [-0.4, -0.2) is 5.66 Å². The Morgan fingerprint density at radius 3 is 1.56 bits per heavy atom. The van der Waals surface area contributed by atoms with E-state index in [1.807, 2.05) is 0 Å². The van der Waals surface area contributed by atoms with E-state index in [1.165, 1.54) is 10.6 Å². The van der Waals surface area contributed by atoms with Gasteiger partial charge >= 0.3 is 0 Å². The predicted octanol–water partition coefficient (Wildman–Crippen LogP) is 2.24. The van der Waals surface area contributed by atoms with Crippen molar-refractivity contribution in [2.45, 2.75) is 5.66 Å². The molecule has 0 radical (unpaired) electrons. The lowest BCUT2D eigenvalue weighted by Gasteiger charge is -2.11. The van der Waals surface area contributed by atoms with E-state index in [0.29, 0.717) is 0 Å². The maximum atomic E-state index is 3.23. The highest BCUT2D eigenvalue weighted by molar-refractivity contribution is 7.74. The maximum absolute atomic E-state index is 3.23. The zero-order valence-electron chi connectivity index (χ0n) is 9.85. The fraction of sp³-hybridized carbons (Fsp3) is 0.0588. The summed E-state index contributed by atoms with van der Waals surface area (Å²) in [6.07, 6.45) is 0. The SMILES string of the molecule is C1#CC([PH+](c2ccccc2)c2ccccc2)C#C1. The Labute approximate surface area is 109 Å². The summed E-state index contributed by atoms with van der Waals surface area (Å²) in [6.45, 7) is 0. The normalized spacial score (nSPS) is 12.7. The summed E-state index contributed by atoms with van der Waals surface area (Å²) < 4.78 is 0. The highest BCUT2D eigenvalue weighted by Crippen LogP contribution is 2.39. The lowest BCUT2D eigenvalue weighted by atomic mass is 10.4. The molecule has 0 bridgehead atoms. The molecule has 1 aliphatic rings. The predicted molar refractivity (Wildman–Crippen MR) is 79.8 cm³/mol. The van der Waals surface area contributed by atoms with Crippen LogP contribution in [0.25, 0.3) is 0 Å². The topological polar surface area (TPSA) is 0 Å². The highest BCUT2D eigenvalue weighted by atomic mass is 31.1. The summed E-state index contributed by atoms with van der Waals surface area (Å²) in [4.78, 5) is 0. The van der Waals surface area contributed by atoms with Crippen molar-refractivity contribution in [3.63, 3.8) is 0 Å². The standard InChI is InChI=1S/C17H11P/c1-3-9-15(10-4-1)18(17-13-7-8-14-17)16-11-5-2-6-12-16/h1-6,9-12,17H/p+1. The first-order chi connectivity index (χ1) is 8.95. The molecule has 0 fully saturated rings. The molecular formula is C17H12P+. The second-order valence-electron chi connectivity index (χ2n) is 4.12. The first-order valence-corrected chi connectivity index (χ1v) is 7.51. The molecule has 0 nitrogen and oxygen atoms in total. The smallest absolute Gasteiger partial charge is 0.0620 e. The summed E-state index contributed by atoms with van der Waals surface area (Å²) in [5.41, 5.74) is 0.208. The van der Waals surface area contributed by atoms with Gasteiger partial charge in [-0.3, -0.25) is 0 Å². The van der Waals surface area contributed by atoms with E-state index in [2.05, 4.69) is 84.3 Å². The van der Waals surface area contributed by atoms with Crippen molar-refractivity contribution in [1.29, 1.82) is 0 Å². The molecule has 0 atom stereocenters. The van der Waals surface area contributed by atoms with Gasteiger partial charge in [-0.25, -0.2) is 0 Å². The van der Waals surface area contributed by atoms with Gasteiger partial charge in [-0.2, -0.15) is 0 Å². The quantitative estimate of drug-likeness (QED) is 0.576. The average molecular weight is 247 g/mol. The Kier molecular flexibility index (Phi) is 3.14. The van der Waals surface area contributed by atoms with Crippen LogP contribution in [0.5, 0.6) is 0 Å². The van der Waals surface area contributed by atoms with Crippen LogP contribution in [0.4, 0.5) is 0 Å². The molecule has 1 heteroatoms. The summed E-state index contributed by atoms with van der Waals surface area (Å²) in [7, 11) is -0.925. The number of hydrogen-bond donors (Lipinski definition) is 0. The van der Waals surface area contributed by atoms with Gasteiger partial charge in [0.05, 0.1) is 18.5 Å². The summed E-state index contributed by atoms with van der Waals surface area (Å²) >= 11 is 0. The lowest BCUT2D eigenvalue weighted by Crippen LogP contribution is -2.19. The van der Waals surface area contributed by atoms with E-state index < -0.39 is 7.92 Å². The van der Waals surface area contributed by atoms with Crippen molar-refractivity contribution >= 4 is 18.5 Å². The van der Waals surface area contributed by atoms with Gasteiger partial charge in [0.2, 0.25) is 0 Å². The fourth-order valence-corrected chi connectivity index (χ4v) is 4.67. The molecule has 0 amide bonds. The second-order valence-corrected chi connectivity index (χ2v) is 6.68. The highest BCUT2D eigenvalue weighted by Gasteiger charge is 2.31. The van der Waals surface area contributed by atoms with E-state index in [0.717, 1.165) is 0 Å². The molecular weight excluding hydrogens is 235 g/mol. The lowest BCUT2D eigenvalue weighted by molar-refractivity contribution is 1.57. The Bertz CT molecular complexity index is 591. The van der Waals surface area contributed by atoms with Crippen molar-refractivity contribution in [1.82, 2.24) is 0 Å². The van der Waals surface area contributed by atoms with Gasteiger partial charge in [0.15, 0.2) is 5.66 Å². The van der Waals surface area contributed by atoms with Crippen molar-refractivity contribution in [3.8, 4) is 23.7 Å². The van der Waals surface area contributed by atoms with Crippen LogP contribution in [0.2, 0.25) is 0 Å². The van der Waals surface area contributed by atoms with Gasteiger partial charge in [0.1, 0.15) is 0 Å².